The number of fused-ring (bicyclic) bond motifs is 1. The molecule has 0 N–H and O–H groups in total. The Balaban J connectivity index is 1.64. The van der Waals surface area contributed by atoms with Gasteiger partial charge in [0, 0.05) is 12.6 Å². The number of carbonyl (C=O) groups is 4. The van der Waals surface area contributed by atoms with E-state index < -0.39 is 29.7 Å². The Morgan fingerprint density at radius 2 is 1.81 bits per heavy atom. The van der Waals surface area contributed by atoms with Gasteiger partial charge in [-0.3, -0.25) is 14.4 Å². The zero-order valence-corrected chi connectivity index (χ0v) is 16.2. The minimum Gasteiger partial charge on any atom is -0.545 e. The Bertz CT molecular complexity index is 1080. The van der Waals surface area contributed by atoms with Crippen molar-refractivity contribution in [3.63, 3.8) is 0 Å². The van der Waals surface area contributed by atoms with Crippen LogP contribution in [0, 0.1) is 0 Å². The lowest BCUT2D eigenvalue weighted by molar-refractivity contribution is -0.297. The highest BCUT2D eigenvalue weighted by Crippen LogP contribution is 2.33. The van der Waals surface area contributed by atoms with Gasteiger partial charge in [-0.25, -0.2) is 4.90 Å². The smallest absolute Gasteiger partial charge is 0.257 e. The maximum absolute atomic E-state index is 13.1. The Morgan fingerprint density at radius 1 is 1.06 bits per heavy atom. The van der Waals surface area contributed by atoms with Gasteiger partial charge in [0.25, 0.3) is 5.91 Å². The SMILES string of the molecule is O=C([O-])/C=C/C(=O)N(Cc1ccc2c(c1)OCO2)[C@H]1CC(=O)N(c2ccccc2)C1=O. The zero-order valence-electron chi connectivity index (χ0n) is 16.2. The summed E-state index contributed by atoms with van der Waals surface area (Å²) in [5.41, 5.74) is 1.03. The van der Waals surface area contributed by atoms with Gasteiger partial charge in [-0.1, -0.05) is 24.3 Å². The van der Waals surface area contributed by atoms with Crippen molar-refractivity contribution in [3.8, 4) is 11.5 Å². The van der Waals surface area contributed by atoms with Gasteiger partial charge in [0.1, 0.15) is 6.04 Å². The van der Waals surface area contributed by atoms with Crippen molar-refractivity contribution in [1.82, 2.24) is 4.90 Å². The van der Waals surface area contributed by atoms with Crippen molar-refractivity contribution >= 4 is 29.4 Å². The summed E-state index contributed by atoms with van der Waals surface area (Å²) in [7, 11) is 0. The van der Waals surface area contributed by atoms with Gasteiger partial charge in [0.15, 0.2) is 11.5 Å². The van der Waals surface area contributed by atoms with E-state index in [2.05, 4.69) is 0 Å². The molecule has 3 amide bonds. The van der Waals surface area contributed by atoms with Gasteiger partial charge in [-0.2, -0.15) is 0 Å². The number of ether oxygens (including phenoxy) is 2. The average Bonchev–Trinajstić information content (AvgIpc) is 3.34. The Labute approximate surface area is 177 Å². The third-order valence-electron chi connectivity index (χ3n) is 4.95. The first-order valence-electron chi connectivity index (χ1n) is 9.44. The number of nitrogens with zero attached hydrogens (tertiary/aromatic N) is 2. The second-order valence-corrected chi connectivity index (χ2v) is 6.93. The molecule has 2 aliphatic heterocycles. The number of carbonyl (C=O) groups excluding carboxylic acids is 4. The molecule has 1 saturated heterocycles. The maximum Gasteiger partial charge on any atom is 0.257 e. The molecule has 0 spiro atoms. The van der Waals surface area contributed by atoms with Crippen LogP contribution in [0.3, 0.4) is 0 Å². The summed E-state index contributed by atoms with van der Waals surface area (Å²) < 4.78 is 10.6. The third-order valence-corrected chi connectivity index (χ3v) is 4.95. The predicted molar refractivity (Wildman–Crippen MR) is 105 cm³/mol. The maximum atomic E-state index is 13.1. The van der Waals surface area contributed by atoms with Gasteiger partial charge < -0.3 is 24.3 Å². The number of carboxylic acids is 1. The highest BCUT2D eigenvalue weighted by molar-refractivity contribution is 6.23. The molecule has 0 saturated carbocycles. The van der Waals surface area contributed by atoms with Crippen LogP contribution < -0.4 is 19.5 Å². The minimum absolute atomic E-state index is 0.0425. The fraction of sp³-hybridized carbons (Fsp3) is 0.182. The molecule has 0 unspecified atom stereocenters. The van der Waals surface area contributed by atoms with Gasteiger partial charge >= 0.3 is 0 Å². The molecule has 2 heterocycles. The van der Waals surface area contributed by atoms with E-state index in [1.54, 1.807) is 48.5 Å². The highest BCUT2D eigenvalue weighted by atomic mass is 16.7. The van der Waals surface area contributed by atoms with Crippen LogP contribution in [0.15, 0.2) is 60.7 Å². The van der Waals surface area contributed by atoms with E-state index in [9.17, 15) is 24.3 Å². The molecular weight excluding hydrogens is 404 g/mol. The van der Waals surface area contributed by atoms with Gasteiger partial charge in [-0.05, 0) is 35.9 Å². The van der Waals surface area contributed by atoms with Gasteiger partial charge in [0.2, 0.25) is 18.6 Å². The normalized spacial score (nSPS) is 17.4. The number of amides is 3. The number of hydrogen-bond donors (Lipinski definition) is 0. The molecule has 4 rings (SSSR count). The first-order chi connectivity index (χ1) is 14.9. The van der Waals surface area contributed by atoms with E-state index in [1.807, 2.05) is 0 Å². The van der Waals surface area contributed by atoms with Crippen LogP contribution in [0.25, 0.3) is 0 Å². The van der Waals surface area contributed by atoms with Crippen molar-refractivity contribution in [3.05, 3.63) is 66.2 Å². The molecule has 2 aromatic carbocycles. The molecule has 31 heavy (non-hydrogen) atoms. The van der Waals surface area contributed by atoms with Gasteiger partial charge in [0.05, 0.1) is 18.1 Å². The molecule has 2 aliphatic rings. The molecule has 2 aromatic rings. The molecule has 1 fully saturated rings. The van der Waals surface area contributed by atoms with E-state index in [0.717, 1.165) is 11.0 Å². The first kappa shape index (κ1) is 20.1. The zero-order chi connectivity index (χ0) is 22.0. The number of aliphatic carboxylic acids is 1. The lowest BCUT2D eigenvalue weighted by Crippen LogP contribution is -2.44. The fourth-order valence-electron chi connectivity index (χ4n) is 3.52. The summed E-state index contributed by atoms with van der Waals surface area (Å²) in [6.07, 6.45) is 1.18. The average molecular weight is 421 g/mol. The van der Waals surface area contributed by atoms with Crippen LogP contribution in [-0.2, 0) is 25.7 Å². The molecule has 0 aromatic heterocycles. The van der Waals surface area contributed by atoms with Crippen molar-refractivity contribution in [1.29, 1.82) is 0 Å². The van der Waals surface area contributed by atoms with E-state index in [4.69, 9.17) is 9.47 Å². The summed E-state index contributed by atoms with van der Waals surface area (Å²) in [4.78, 5) is 51.4. The number of para-hydroxylation sites is 1. The van der Waals surface area contributed by atoms with Crippen LogP contribution in [-0.4, -0.2) is 41.4 Å². The van der Waals surface area contributed by atoms with E-state index in [-0.39, 0.29) is 19.8 Å². The molecule has 0 aliphatic carbocycles. The molecule has 9 nitrogen and oxygen atoms in total. The quantitative estimate of drug-likeness (QED) is 0.489. The van der Waals surface area contributed by atoms with E-state index >= 15 is 0 Å². The summed E-state index contributed by atoms with van der Waals surface area (Å²) in [5, 5.41) is 10.8. The number of anilines is 1. The van der Waals surface area contributed by atoms with Gasteiger partial charge in [-0.15, -0.1) is 0 Å². The Kier molecular flexibility index (Phi) is 5.40. The minimum atomic E-state index is -1.55. The van der Waals surface area contributed by atoms with Crippen molar-refractivity contribution in [2.75, 3.05) is 11.7 Å². The summed E-state index contributed by atoms with van der Waals surface area (Å²) >= 11 is 0. The lowest BCUT2D eigenvalue weighted by Gasteiger charge is -2.27. The van der Waals surface area contributed by atoms with Crippen LogP contribution in [0.1, 0.15) is 12.0 Å². The summed E-state index contributed by atoms with van der Waals surface area (Å²) in [6.45, 7) is 0.0383. The number of benzene rings is 2. The third kappa shape index (κ3) is 4.11. The number of carboxylic acid groups (broad SMARTS) is 1. The molecule has 1 atom stereocenters. The van der Waals surface area contributed by atoms with E-state index in [1.165, 1.54) is 4.90 Å². The van der Waals surface area contributed by atoms with Crippen LogP contribution in [0.2, 0.25) is 0 Å². The molecule has 0 radical (unpaired) electrons. The molecule has 158 valence electrons. The van der Waals surface area contributed by atoms with Crippen molar-refractivity contribution in [2.24, 2.45) is 0 Å². The van der Waals surface area contributed by atoms with Crippen LogP contribution >= 0.6 is 0 Å². The van der Waals surface area contributed by atoms with Crippen LogP contribution in [0.4, 0.5) is 5.69 Å². The first-order valence-corrected chi connectivity index (χ1v) is 9.44. The largest absolute Gasteiger partial charge is 0.545 e. The van der Waals surface area contributed by atoms with Crippen LogP contribution in [0.5, 0.6) is 11.5 Å². The topological polar surface area (TPSA) is 116 Å². The molecule has 9 heteroatoms. The lowest BCUT2D eigenvalue weighted by atomic mass is 10.1. The summed E-state index contributed by atoms with van der Waals surface area (Å²) in [6, 6.07) is 12.4. The molecular formula is C22H17N2O7-. The number of imide groups is 1. The van der Waals surface area contributed by atoms with E-state index in [0.29, 0.717) is 28.8 Å². The summed E-state index contributed by atoms with van der Waals surface area (Å²) in [5.74, 6) is -2.24. The fourth-order valence-corrected chi connectivity index (χ4v) is 3.52. The standard InChI is InChI=1S/C22H18N2O7/c25-19(8-9-21(27)28)23(12-14-6-7-17-18(10-14)31-13-30-17)16-11-20(26)24(22(16)29)15-4-2-1-3-5-15/h1-10,16H,11-13H2,(H,27,28)/p-1/b9-8+/t16-/m0/s1. The predicted octanol–water partition coefficient (Wildman–Crippen LogP) is 0.382. The number of hydrogen-bond acceptors (Lipinski definition) is 7. The Morgan fingerprint density at radius 3 is 2.55 bits per heavy atom. The Hall–Kier alpha value is -4.14. The highest BCUT2D eigenvalue weighted by Gasteiger charge is 2.44. The second-order valence-electron chi connectivity index (χ2n) is 6.93. The number of rotatable bonds is 6. The monoisotopic (exact) mass is 421 g/mol. The molecule has 0 bridgehead atoms. The second kappa shape index (κ2) is 8.31. The van der Waals surface area contributed by atoms with Crippen molar-refractivity contribution < 1.29 is 33.8 Å². The van der Waals surface area contributed by atoms with Crippen molar-refractivity contribution in [2.45, 2.75) is 19.0 Å².